The van der Waals surface area contributed by atoms with Gasteiger partial charge in [-0.3, -0.25) is 10.1 Å². The van der Waals surface area contributed by atoms with Crippen molar-refractivity contribution < 1.29 is 22.4 Å². The van der Waals surface area contributed by atoms with Gasteiger partial charge < -0.3 is 0 Å². The smallest absolute Gasteiger partial charge is 0.289 e. The van der Waals surface area contributed by atoms with E-state index in [0.29, 0.717) is 21.0 Å². The van der Waals surface area contributed by atoms with Gasteiger partial charge in [-0.2, -0.15) is 18.3 Å². The van der Waals surface area contributed by atoms with Gasteiger partial charge in [-0.15, -0.1) is 5.10 Å². The summed E-state index contributed by atoms with van der Waals surface area (Å²) in [6.07, 6.45) is -2.44. The second-order valence-electron chi connectivity index (χ2n) is 8.80. The molecule has 1 amide bonds. The predicted molar refractivity (Wildman–Crippen MR) is 139 cm³/mol. The summed E-state index contributed by atoms with van der Waals surface area (Å²) in [6, 6.07) is 17.3. The van der Waals surface area contributed by atoms with Crippen LogP contribution < -0.4 is 5.32 Å². The lowest BCUT2D eigenvalue weighted by atomic mass is 10.0. The van der Waals surface area contributed by atoms with E-state index >= 15 is 0 Å². The van der Waals surface area contributed by atoms with Gasteiger partial charge in [-0.1, -0.05) is 60.1 Å². The van der Waals surface area contributed by atoms with Crippen LogP contribution in [0, 0.1) is 5.82 Å². The summed E-state index contributed by atoms with van der Waals surface area (Å²) in [5.41, 5.74) is -0.502. The van der Waals surface area contributed by atoms with E-state index in [1.165, 1.54) is 23.1 Å². The van der Waals surface area contributed by atoms with Gasteiger partial charge in [-0.25, -0.2) is 23.6 Å². The fraction of sp³-hybridized carbons (Fsp3) is 0.0741. The molecule has 6 rings (SSSR count). The number of carbonyl (C=O) groups is 1. The van der Waals surface area contributed by atoms with Crippen LogP contribution in [0.25, 0.3) is 27.7 Å². The molecule has 0 aliphatic carbocycles. The summed E-state index contributed by atoms with van der Waals surface area (Å²) in [5.74, 6) is -1.40. The zero-order chi connectivity index (χ0) is 28.0. The first-order valence-corrected chi connectivity index (χ1v) is 12.1. The average Bonchev–Trinajstić information content (AvgIpc) is 3.55. The van der Waals surface area contributed by atoms with Crippen molar-refractivity contribution in [1.29, 1.82) is 0 Å². The first kappa shape index (κ1) is 25.4. The highest BCUT2D eigenvalue weighted by molar-refractivity contribution is 6.31. The Morgan fingerprint density at radius 1 is 1.02 bits per heavy atom. The van der Waals surface area contributed by atoms with Crippen molar-refractivity contribution in [1.82, 2.24) is 29.4 Å². The van der Waals surface area contributed by atoms with Gasteiger partial charge in [0.05, 0.1) is 18.4 Å². The first-order valence-electron chi connectivity index (χ1n) is 11.8. The van der Waals surface area contributed by atoms with Crippen LogP contribution in [-0.2, 0) is 12.7 Å². The third kappa shape index (κ3) is 4.73. The molecular formula is C27H16ClF4N7O. The number of nitrogens with zero attached hydrogens (tertiary/aromatic N) is 6. The maximum Gasteiger partial charge on any atom is 0.433 e. The van der Waals surface area contributed by atoms with Gasteiger partial charge in [0, 0.05) is 10.6 Å². The molecule has 0 atom stereocenters. The second-order valence-corrected chi connectivity index (χ2v) is 9.21. The van der Waals surface area contributed by atoms with E-state index in [1.807, 2.05) is 18.2 Å². The molecule has 6 aromatic rings. The molecule has 3 heterocycles. The van der Waals surface area contributed by atoms with Gasteiger partial charge in [0.1, 0.15) is 17.7 Å². The number of carbonyl (C=O) groups excluding carboxylic acids is 1. The SMILES string of the molecule is O=C(Nc1ncn(Cc2ccc(F)cc2Cl)n1)c1cnn2c(C(F)(F)F)cc(-c3cccc4ccccc34)nc12. The third-order valence-corrected chi connectivity index (χ3v) is 6.53. The van der Waals surface area contributed by atoms with Crippen molar-refractivity contribution in [2.75, 3.05) is 5.32 Å². The second kappa shape index (κ2) is 9.72. The number of nitrogens with one attached hydrogen (secondary N) is 1. The highest BCUT2D eigenvalue weighted by Crippen LogP contribution is 2.35. The van der Waals surface area contributed by atoms with Gasteiger partial charge >= 0.3 is 6.18 Å². The topological polar surface area (TPSA) is 90.0 Å². The summed E-state index contributed by atoms with van der Waals surface area (Å²) in [7, 11) is 0. The molecule has 0 fully saturated rings. The minimum Gasteiger partial charge on any atom is -0.289 e. The Balaban J connectivity index is 1.36. The summed E-state index contributed by atoms with van der Waals surface area (Å²) >= 11 is 6.06. The molecule has 0 unspecified atom stereocenters. The van der Waals surface area contributed by atoms with Crippen LogP contribution in [0.15, 0.2) is 79.3 Å². The first-order chi connectivity index (χ1) is 19.2. The van der Waals surface area contributed by atoms with E-state index in [-0.39, 0.29) is 34.4 Å². The fourth-order valence-corrected chi connectivity index (χ4v) is 4.56. The van der Waals surface area contributed by atoms with Gasteiger partial charge in [0.15, 0.2) is 11.3 Å². The van der Waals surface area contributed by atoms with Crippen molar-refractivity contribution in [2.24, 2.45) is 0 Å². The van der Waals surface area contributed by atoms with E-state index in [0.717, 1.165) is 23.7 Å². The number of amides is 1. The molecule has 40 heavy (non-hydrogen) atoms. The van der Waals surface area contributed by atoms with E-state index in [9.17, 15) is 22.4 Å². The molecule has 8 nitrogen and oxygen atoms in total. The lowest BCUT2D eigenvalue weighted by Gasteiger charge is -2.13. The molecule has 1 N–H and O–H groups in total. The number of hydrogen-bond acceptors (Lipinski definition) is 5. The van der Waals surface area contributed by atoms with E-state index < -0.39 is 23.6 Å². The Labute approximate surface area is 227 Å². The van der Waals surface area contributed by atoms with Crippen LogP contribution >= 0.6 is 11.6 Å². The lowest BCUT2D eigenvalue weighted by molar-refractivity contribution is -0.142. The highest BCUT2D eigenvalue weighted by Gasteiger charge is 2.36. The zero-order valence-corrected chi connectivity index (χ0v) is 20.9. The molecule has 13 heteroatoms. The molecule has 0 aliphatic rings. The Kier molecular flexibility index (Phi) is 6.18. The lowest BCUT2D eigenvalue weighted by Crippen LogP contribution is -2.16. The molecule has 0 saturated carbocycles. The minimum atomic E-state index is -4.78. The van der Waals surface area contributed by atoms with Crippen molar-refractivity contribution >= 4 is 39.9 Å². The van der Waals surface area contributed by atoms with E-state index in [1.54, 1.807) is 24.3 Å². The molecule has 0 radical (unpaired) electrons. The molecule has 3 aromatic heterocycles. The molecule has 0 saturated heterocycles. The highest BCUT2D eigenvalue weighted by atomic mass is 35.5. The maximum atomic E-state index is 14.1. The molecule has 200 valence electrons. The Morgan fingerprint density at radius 3 is 2.62 bits per heavy atom. The normalized spacial score (nSPS) is 11.8. The predicted octanol–water partition coefficient (Wildman–Crippen LogP) is 6.25. The van der Waals surface area contributed by atoms with Crippen LogP contribution in [-0.4, -0.2) is 35.3 Å². The Hall–Kier alpha value is -4.84. The van der Waals surface area contributed by atoms with Crippen LogP contribution in [0.2, 0.25) is 5.02 Å². The molecule has 0 spiro atoms. The number of alkyl halides is 3. The molecule has 0 bridgehead atoms. The van der Waals surface area contributed by atoms with E-state index in [2.05, 4.69) is 25.5 Å². The number of anilines is 1. The molecule has 3 aromatic carbocycles. The van der Waals surface area contributed by atoms with Crippen LogP contribution in [0.3, 0.4) is 0 Å². The number of fused-ring (bicyclic) bond motifs is 2. The number of hydrogen-bond donors (Lipinski definition) is 1. The fourth-order valence-electron chi connectivity index (χ4n) is 4.33. The summed E-state index contributed by atoms with van der Waals surface area (Å²) in [5, 5.41) is 12.1. The summed E-state index contributed by atoms with van der Waals surface area (Å²) in [4.78, 5) is 21.6. The summed E-state index contributed by atoms with van der Waals surface area (Å²) < 4.78 is 57.5. The van der Waals surface area contributed by atoms with Crippen molar-refractivity contribution in [3.8, 4) is 11.3 Å². The third-order valence-electron chi connectivity index (χ3n) is 6.18. The van der Waals surface area contributed by atoms with Gasteiger partial charge in [0.25, 0.3) is 5.91 Å². The van der Waals surface area contributed by atoms with Crippen molar-refractivity contribution in [3.05, 3.63) is 107 Å². The summed E-state index contributed by atoms with van der Waals surface area (Å²) in [6.45, 7) is 0.142. The number of rotatable bonds is 5. The van der Waals surface area contributed by atoms with Crippen molar-refractivity contribution in [3.63, 3.8) is 0 Å². The number of aromatic nitrogens is 6. The van der Waals surface area contributed by atoms with Crippen LogP contribution in [0.1, 0.15) is 21.6 Å². The standard InChI is InChI=1S/C27H16ClF4N7O/c28-21-10-17(29)9-8-16(21)13-38-14-33-26(37-38)36-25(40)20-12-34-39-23(27(30,31)32)11-22(35-24(20)39)19-7-3-5-15-4-1-2-6-18(15)19/h1-12,14H,13H2,(H,36,37,40). The maximum absolute atomic E-state index is 14.1. The zero-order valence-electron chi connectivity index (χ0n) is 20.2. The number of benzene rings is 3. The van der Waals surface area contributed by atoms with E-state index in [4.69, 9.17) is 11.6 Å². The average molecular weight is 566 g/mol. The van der Waals surface area contributed by atoms with Gasteiger partial charge in [0.2, 0.25) is 5.95 Å². The van der Waals surface area contributed by atoms with Crippen LogP contribution in [0.4, 0.5) is 23.5 Å². The van der Waals surface area contributed by atoms with Crippen LogP contribution in [0.5, 0.6) is 0 Å². The Morgan fingerprint density at radius 2 is 1.82 bits per heavy atom. The van der Waals surface area contributed by atoms with Gasteiger partial charge in [-0.05, 0) is 34.5 Å². The largest absolute Gasteiger partial charge is 0.433 e. The monoisotopic (exact) mass is 565 g/mol. The molecular weight excluding hydrogens is 550 g/mol. The number of halogens is 5. The molecule has 0 aliphatic heterocycles. The Bertz CT molecular complexity index is 1910. The minimum absolute atomic E-state index is 0.0322. The quantitative estimate of drug-likeness (QED) is 0.249. The van der Waals surface area contributed by atoms with Crippen molar-refractivity contribution in [2.45, 2.75) is 12.7 Å².